The fourth-order valence-electron chi connectivity index (χ4n) is 1.58. The van der Waals surface area contributed by atoms with E-state index in [0.717, 1.165) is 0 Å². The molecule has 0 spiro atoms. The van der Waals surface area contributed by atoms with Crippen molar-refractivity contribution in [2.45, 2.75) is 39.5 Å². The molecule has 0 atom stereocenters. The van der Waals surface area contributed by atoms with Crippen LogP contribution in [0.25, 0.3) is 0 Å². The van der Waals surface area contributed by atoms with Crippen molar-refractivity contribution in [3.63, 3.8) is 0 Å². The zero-order valence-corrected chi connectivity index (χ0v) is 9.34. The molecule has 0 aliphatic heterocycles. The molecule has 1 heteroatoms. The molecule has 0 fully saturated rings. The van der Waals surface area contributed by atoms with Gasteiger partial charge in [0.25, 0.3) is 0 Å². The van der Waals surface area contributed by atoms with E-state index in [9.17, 15) is 0 Å². The zero-order valence-electron chi connectivity index (χ0n) is 9.34. The SMILES string of the molecule is C=CN(C)C(=C)C(CCC)CCC. The quantitative estimate of drug-likeness (QED) is 0.577. The van der Waals surface area contributed by atoms with Crippen molar-refractivity contribution < 1.29 is 0 Å². The minimum Gasteiger partial charge on any atom is -0.355 e. The molecule has 0 saturated carbocycles. The Kier molecular flexibility index (Phi) is 6.38. The smallest absolute Gasteiger partial charge is 0.0130 e. The van der Waals surface area contributed by atoms with Gasteiger partial charge in [0, 0.05) is 12.7 Å². The summed E-state index contributed by atoms with van der Waals surface area (Å²) in [7, 11) is 2.02. The Hall–Kier alpha value is -0.720. The molecule has 0 aliphatic rings. The van der Waals surface area contributed by atoms with E-state index >= 15 is 0 Å². The first kappa shape index (κ1) is 12.3. The molecule has 0 aliphatic carbocycles. The summed E-state index contributed by atoms with van der Waals surface area (Å²) in [5, 5.41) is 0. The normalized spacial score (nSPS) is 10.2. The van der Waals surface area contributed by atoms with Crippen LogP contribution in [0.1, 0.15) is 39.5 Å². The predicted octanol–water partition coefficient (Wildman–Crippen LogP) is 3.79. The van der Waals surface area contributed by atoms with Crippen LogP contribution in [0.15, 0.2) is 25.1 Å². The third-order valence-electron chi connectivity index (χ3n) is 2.47. The van der Waals surface area contributed by atoms with Gasteiger partial charge in [-0.2, -0.15) is 0 Å². The standard InChI is InChI=1S/C12H23N/c1-6-9-12(10-7-2)11(4)13(5)8-3/h8,12H,3-4,6-7,9-10H2,1-2,5H3. The molecular formula is C12H23N. The molecule has 76 valence electrons. The Bertz CT molecular complexity index is 155. The molecule has 0 heterocycles. The summed E-state index contributed by atoms with van der Waals surface area (Å²) >= 11 is 0. The van der Waals surface area contributed by atoms with E-state index in [2.05, 4.69) is 27.0 Å². The lowest BCUT2D eigenvalue weighted by Gasteiger charge is -2.25. The summed E-state index contributed by atoms with van der Waals surface area (Å²) in [6.07, 6.45) is 6.78. The molecule has 0 radical (unpaired) electrons. The highest BCUT2D eigenvalue weighted by atomic mass is 15.1. The molecule has 1 nitrogen and oxygen atoms in total. The Morgan fingerprint density at radius 1 is 1.31 bits per heavy atom. The summed E-state index contributed by atoms with van der Waals surface area (Å²) in [5.41, 5.74) is 1.21. The second kappa shape index (κ2) is 6.76. The first-order valence-corrected chi connectivity index (χ1v) is 5.21. The Balaban J connectivity index is 4.17. The molecule has 0 aromatic heterocycles. The van der Waals surface area contributed by atoms with Crippen LogP contribution in [0.4, 0.5) is 0 Å². The molecule has 0 N–H and O–H groups in total. The zero-order chi connectivity index (χ0) is 10.3. The number of allylic oxidation sites excluding steroid dienone is 1. The van der Waals surface area contributed by atoms with Gasteiger partial charge in [0.2, 0.25) is 0 Å². The van der Waals surface area contributed by atoms with E-state index in [0.29, 0.717) is 5.92 Å². The summed E-state index contributed by atoms with van der Waals surface area (Å²) in [6.45, 7) is 12.3. The molecular weight excluding hydrogens is 158 g/mol. The third-order valence-corrected chi connectivity index (χ3v) is 2.47. The minimum absolute atomic E-state index is 0.637. The lowest BCUT2D eigenvalue weighted by molar-refractivity contribution is 0.403. The van der Waals surface area contributed by atoms with E-state index in [-0.39, 0.29) is 0 Å². The fourth-order valence-corrected chi connectivity index (χ4v) is 1.58. The van der Waals surface area contributed by atoms with Gasteiger partial charge in [0.1, 0.15) is 0 Å². The van der Waals surface area contributed by atoms with Crippen molar-refractivity contribution in [1.29, 1.82) is 0 Å². The first-order chi connectivity index (χ1) is 6.17. The van der Waals surface area contributed by atoms with Crippen LogP contribution in [0.2, 0.25) is 0 Å². The van der Waals surface area contributed by atoms with Crippen molar-refractivity contribution in [2.24, 2.45) is 5.92 Å². The first-order valence-electron chi connectivity index (χ1n) is 5.21. The molecule has 0 amide bonds. The summed E-state index contributed by atoms with van der Waals surface area (Å²) in [6, 6.07) is 0. The van der Waals surface area contributed by atoms with E-state index < -0.39 is 0 Å². The van der Waals surface area contributed by atoms with Crippen molar-refractivity contribution in [1.82, 2.24) is 4.90 Å². The van der Waals surface area contributed by atoms with Gasteiger partial charge in [-0.15, -0.1) is 0 Å². The highest BCUT2D eigenvalue weighted by Crippen LogP contribution is 2.23. The topological polar surface area (TPSA) is 3.24 Å². The van der Waals surface area contributed by atoms with Gasteiger partial charge >= 0.3 is 0 Å². The Morgan fingerprint density at radius 2 is 1.77 bits per heavy atom. The van der Waals surface area contributed by atoms with Gasteiger partial charge in [-0.25, -0.2) is 0 Å². The second-order valence-electron chi connectivity index (χ2n) is 3.56. The molecule has 0 aromatic rings. The number of hydrogen-bond donors (Lipinski definition) is 0. The summed E-state index contributed by atoms with van der Waals surface area (Å²) in [4.78, 5) is 2.04. The maximum atomic E-state index is 4.12. The monoisotopic (exact) mass is 181 g/mol. The molecule has 0 aromatic carbocycles. The van der Waals surface area contributed by atoms with Crippen molar-refractivity contribution in [3.05, 3.63) is 25.1 Å². The summed E-state index contributed by atoms with van der Waals surface area (Å²) in [5.74, 6) is 0.637. The van der Waals surface area contributed by atoms with E-state index in [1.54, 1.807) is 0 Å². The van der Waals surface area contributed by atoms with Crippen LogP contribution < -0.4 is 0 Å². The van der Waals surface area contributed by atoms with Crippen LogP contribution >= 0.6 is 0 Å². The minimum atomic E-state index is 0.637. The molecule has 0 rings (SSSR count). The van der Waals surface area contributed by atoms with Crippen molar-refractivity contribution in [2.75, 3.05) is 7.05 Å². The van der Waals surface area contributed by atoms with Crippen molar-refractivity contribution >= 4 is 0 Å². The van der Waals surface area contributed by atoms with Crippen LogP contribution in [-0.2, 0) is 0 Å². The van der Waals surface area contributed by atoms with Crippen LogP contribution in [0.3, 0.4) is 0 Å². The molecule has 0 saturated heterocycles. The largest absolute Gasteiger partial charge is 0.355 e. The maximum Gasteiger partial charge on any atom is 0.0130 e. The van der Waals surface area contributed by atoms with Gasteiger partial charge in [0.15, 0.2) is 0 Å². The number of hydrogen-bond acceptors (Lipinski definition) is 1. The lowest BCUT2D eigenvalue weighted by Crippen LogP contribution is -2.17. The van der Waals surface area contributed by atoms with Crippen molar-refractivity contribution in [3.8, 4) is 0 Å². The highest BCUT2D eigenvalue weighted by molar-refractivity contribution is 5.02. The van der Waals surface area contributed by atoms with Gasteiger partial charge in [-0.3, -0.25) is 0 Å². The van der Waals surface area contributed by atoms with Gasteiger partial charge < -0.3 is 4.90 Å². The predicted molar refractivity (Wildman–Crippen MR) is 60.4 cm³/mol. The fraction of sp³-hybridized carbons (Fsp3) is 0.667. The molecule has 0 bridgehead atoms. The van der Waals surface area contributed by atoms with Crippen LogP contribution in [0.5, 0.6) is 0 Å². The van der Waals surface area contributed by atoms with Gasteiger partial charge in [-0.05, 0) is 25.0 Å². The van der Waals surface area contributed by atoms with E-state index in [1.165, 1.54) is 31.4 Å². The molecule has 0 unspecified atom stereocenters. The molecule has 13 heavy (non-hydrogen) atoms. The average molecular weight is 181 g/mol. The Labute approximate surface area is 83.1 Å². The Morgan fingerprint density at radius 3 is 2.08 bits per heavy atom. The number of nitrogens with zero attached hydrogens (tertiary/aromatic N) is 1. The summed E-state index contributed by atoms with van der Waals surface area (Å²) < 4.78 is 0. The van der Waals surface area contributed by atoms with Crippen LogP contribution in [0, 0.1) is 5.92 Å². The second-order valence-corrected chi connectivity index (χ2v) is 3.56. The van der Waals surface area contributed by atoms with E-state index in [4.69, 9.17) is 0 Å². The lowest BCUT2D eigenvalue weighted by atomic mass is 9.95. The highest BCUT2D eigenvalue weighted by Gasteiger charge is 2.12. The number of rotatable bonds is 7. The van der Waals surface area contributed by atoms with Crippen LogP contribution in [-0.4, -0.2) is 11.9 Å². The van der Waals surface area contributed by atoms with E-state index in [1.807, 2.05) is 18.1 Å². The maximum absolute atomic E-state index is 4.12. The third kappa shape index (κ3) is 4.16. The van der Waals surface area contributed by atoms with Gasteiger partial charge in [0.05, 0.1) is 0 Å². The van der Waals surface area contributed by atoms with Gasteiger partial charge in [-0.1, -0.05) is 39.8 Å². The average Bonchev–Trinajstić information content (AvgIpc) is 2.15.